The molecule has 1 N–H and O–H groups in total. The SMILES string of the molecule is C=C1[C@@H]2CC[C@H]3[C@]4(C)CCC[C@@](C)(C(=O)O)[C@H]4CC[C@]3(C2)[C@H]1OC(C)=O. The Labute approximate surface area is 156 Å². The molecule has 0 unspecified atom stereocenters. The number of carboxylic acid groups (broad SMARTS) is 1. The highest BCUT2D eigenvalue weighted by molar-refractivity contribution is 5.75. The van der Waals surface area contributed by atoms with Gasteiger partial charge in [0.2, 0.25) is 0 Å². The number of hydrogen-bond donors (Lipinski definition) is 1. The van der Waals surface area contributed by atoms with Crippen molar-refractivity contribution in [1.82, 2.24) is 0 Å². The zero-order valence-corrected chi connectivity index (χ0v) is 16.3. The third kappa shape index (κ3) is 2.13. The Morgan fingerprint density at radius 1 is 1.12 bits per heavy atom. The van der Waals surface area contributed by atoms with Crippen molar-refractivity contribution in [3.05, 3.63) is 12.2 Å². The summed E-state index contributed by atoms with van der Waals surface area (Å²) in [6.45, 7) is 10.1. The Morgan fingerprint density at radius 3 is 2.50 bits per heavy atom. The van der Waals surface area contributed by atoms with Crippen molar-refractivity contribution >= 4 is 11.9 Å². The van der Waals surface area contributed by atoms with Crippen molar-refractivity contribution in [2.45, 2.75) is 78.2 Å². The summed E-state index contributed by atoms with van der Waals surface area (Å²) in [6.07, 6.45) is 7.86. The minimum absolute atomic E-state index is 0.0115. The number of rotatable bonds is 2. The Morgan fingerprint density at radius 2 is 1.85 bits per heavy atom. The third-order valence-corrected chi connectivity index (χ3v) is 8.95. The van der Waals surface area contributed by atoms with Crippen molar-refractivity contribution in [2.75, 3.05) is 0 Å². The summed E-state index contributed by atoms with van der Waals surface area (Å²) >= 11 is 0. The summed E-state index contributed by atoms with van der Waals surface area (Å²) in [5.41, 5.74) is 0.477. The standard InChI is InChI=1S/C22H32O4/c1-13-15-6-7-17-20(3)9-5-10-21(4,19(24)25)16(20)8-11-22(17,12-15)18(13)26-14(2)23/h15-18H,1,5-12H2,2-4H3,(H,24,25)/t15-,16+,17+,18+,20-,21-,22-/m1/s1. The van der Waals surface area contributed by atoms with Crippen LogP contribution in [-0.4, -0.2) is 23.1 Å². The lowest BCUT2D eigenvalue weighted by atomic mass is 9.40. The van der Waals surface area contributed by atoms with Crippen LogP contribution in [0.1, 0.15) is 72.1 Å². The molecule has 0 aliphatic heterocycles. The first-order valence-corrected chi connectivity index (χ1v) is 10.2. The van der Waals surface area contributed by atoms with Gasteiger partial charge in [0.1, 0.15) is 6.10 Å². The van der Waals surface area contributed by atoms with E-state index in [0.29, 0.717) is 11.8 Å². The molecule has 4 aliphatic rings. The van der Waals surface area contributed by atoms with E-state index in [0.717, 1.165) is 56.9 Å². The van der Waals surface area contributed by atoms with Gasteiger partial charge in [-0.15, -0.1) is 0 Å². The Hall–Kier alpha value is -1.32. The third-order valence-electron chi connectivity index (χ3n) is 8.95. The number of esters is 1. The maximum absolute atomic E-state index is 12.2. The number of hydrogen-bond acceptors (Lipinski definition) is 3. The van der Waals surface area contributed by atoms with Gasteiger partial charge >= 0.3 is 11.9 Å². The van der Waals surface area contributed by atoms with Gasteiger partial charge < -0.3 is 9.84 Å². The van der Waals surface area contributed by atoms with Gasteiger partial charge in [-0.2, -0.15) is 0 Å². The average molecular weight is 360 g/mol. The molecule has 0 aromatic rings. The first-order valence-electron chi connectivity index (χ1n) is 10.2. The molecule has 4 heteroatoms. The molecule has 4 aliphatic carbocycles. The lowest BCUT2D eigenvalue weighted by Gasteiger charge is -2.63. The number of aliphatic carboxylic acids is 1. The van der Waals surface area contributed by atoms with E-state index in [1.807, 2.05) is 6.92 Å². The lowest BCUT2D eigenvalue weighted by Crippen LogP contribution is -2.60. The van der Waals surface area contributed by atoms with Crippen molar-refractivity contribution in [3.63, 3.8) is 0 Å². The molecule has 0 aromatic carbocycles. The molecule has 0 amide bonds. The molecule has 7 atom stereocenters. The van der Waals surface area contributed by atoms with Crippen LogP contribution >= 0.6 is 0 Å². The van der Waals surface area contributed by atoms with Crippen LogP contribution in [0.5, 0.6) is 0 Å². The maximum atomic E-state index is 12.2. The molecular formula is C22H32O4. The highest BCUT2D eigenvalue weighted by atomic mass is 16.5. The average Bonchev–Trinajstić information content (AvgIpc) is 2.75. The summed E-state index contributed by atoms with van der Waals surface area (Å²) in [6, 6.07) is 0. The van der Waals surface area contributed by atoms with Crippen LogP contribution in [0.4, 0.5) is 0 Å². The van der Waals surface area contributed by atoms with E-state index in [1.165, 1.54) is 6.92 Å². The van der Waals surface area contributed by atoms with Gasteiger partial charge in [0.25, 0.3) is 0 Å². The minimum atomic E-state index is -0.634. The van der Waals surface area contributed by atoms with Gasteiger partial charge in [-0.25, -0.2) is 0 Å². The van der Waals surface area contributed by atoms with E-state index < -0.39 is 11.4 Å². The predicted octanol–water partition coefficient (Wildman–Crippen LogP) is 4.58. The Kier molecular flexibility index (Phi) is 3.88. The number of ether oxygens (including phenoxy) is 1. The highest BCUT2D eigenvalue weighted by Crippen LogP contribution is 2.72. The van der Waals surface area contributed by atoms with Crippen molar-refractivity contribution in [2.24, 2.45) is 34.0 Å². The number of carboxylic acids is 1. The molecule has 4 saturated carbocycles. The van der Waals surface area contributed by atoms with Gasteiger partial charge in [-0.1, -0.05) is 19.9 Å². The molecule has 4 rings (SSSR count). The molecule has 0 heterocycles. The van der Waals surface area contributed by atoms with Crippen LogP contribution in [-0.2, 0) is 14.3 Å². The van der Waals surface area contributed by atoms with Crippen molar-refractivity contribution in [1.29, 1.82) is 0 Å². The molecule has 0 aromatic heterocycles. The van der Waals surface area contributed by atoms with Crippen LogP contribution in [0.25, 0.3) is 0 Å². The predicted molar refractivity (Wildman–Crippen MR) is 98.4 cm³/mol. The maximum Gasteiger partial charge on any atom is 0.309 e. The highest BCUT2D eigenvalue weighted by Gasteiger charge is 2.68. The second-order valence-corrected chi connectivity index (χ2v) is 10.0. The summed E-state index contributed by atoms with van der Waals surface area (Å²) in [5, 5.41) is 10.0. The fourth-order valence-electron chi connectivity index (χ4n) is 7.95. The number of carbonyl (C=O) groups is 2. The number of fused-ring (bicyclic) bond motifs is 3. The monoisotopic (exact) mass is 360 g/mol. The topological polar surface area (TPSA) is 63.6 Å². The zero-order chi connectivity index (χ0) is 18.9. The zero-order valence-electron chi connectivity index (χ0n) is 16.3. The van der Waals surface area contributed by atoms with Crippen LogP contribution in [0.2, 0.25) is 0 Å². The number of carbonyl (C=O) groups excluding carboxylic acids is 1. The molecule has 0 saturated heterocycles. The van der Waals surface area contributed by atoms with E-state index >= 15 is 0 Å². The van der Waals surface area contributed by atoms with E-state index in [4.69, 9.17) is 4.74 Å². The quantitative estimate of drug-likeness (QED) is 0.578. The van der Waals surface area contributed by atoms with Crippen molar-refractivity contribution in [3.8, 4) is 0 Å². The summed E-state index contributed by atoms with van der Waals surface area (Å²) in [7, 11) is 0. The van der Waals surface area contributed by atoms with Gasteiger partial charge in [-0.05, 0) is 80.6 Å². The van der Waals surface area contributed by atoms with Gasteiger partial charge in [-0.3, -0.25) is 9.59 Å². The molecule has 4 nitrogen and oxygen atoms in total. The second-order valence-electron chi connectivity index (χ2n) is 10.0. The van der Waals surface area contributed by atoms with Crippen LogP contribution in [0, 0.1) is 34.0 Å². The summed E-state index contributed by atoms with van der Waals surface area (Å²) in [5.74, 6) is 0.242. The molecule has 4 fully saturated rings. The molecule has 144 valence electrons. The Bertz CT molecular complexity index is 669. The lowest BCUT2D eigenvalue weighted by molar-refractivity contribution is -0.195. The largest absolute Gasteiger partial charge is 0.481 e. The van der Waals surface area contributed by atoms with Gasteiger partial charge in [0.05, 0.1) is 5.41 Å². The summed E-state index contributed by atoms with van der Waals surface area (Å²) in [4.78, 5) is 24.0. The van der Waals surface area contributed by atoms with E-state index in [2.05, 4.69) is 13.5 Å². The summed E-state index contributed by atoms with van der Waals surface area (Å²) < 4.78 is 5.87. The second kappa shape index (κ2) is 5.59. The molecular weight excluding hydrogens is 328 g/mol. The van der Waals surface area contributed by atoms with Crippen molar-refractivity contribution < 1.29 is 19.4 Å². The van der Waals surface area contributed by atoms with E-state index in [1.54, 1.807) is 0 Å². The van der Waals surface area contributed by atoms with Crippen LogP contribution in [0.3, 0.4) is 0 Å². The fraction of sp³-hybridized carbons (Fsp3) is 0.818. The smallest absolute Gasteiger partial charge is 0.309 e. The molecule has 0 radical (unpaired) electrons. The minimum Gasteiger partial charge on any atom is -0.481 e. The van der Waals surface area contributed by atoms with Gasteiger partial charge in [0, 0.05) is 12.3 Å². The molecule has 1 spiro atoms. The van der Waals surface area contributed by atoms with E-state index in [9.17, 15) is 14.7 Å². The molecule has 26 heavy (non-hydrogen) atoms. The Balaban J connectivity index is 1.77. The van der Waals surface area contributed by atoms with E-state index in [-0.39, 0.29) is 28.8 Å². The first-order chi connectivity index (χ1) is 12.1. The van der Waals surface area contributed by atoms with Crippen LogP contribution < -0.4 is 0 Å². The van der Waals surface area contributed by atoms with Gasteiger partial charge in [0.15, 0.2) is 0 Å². The molecule has 2 bridgehead atoms. The van der Waals surface area contributed by atoms with Crippen LogP contribution in [0.15, 0.2) is 12.2 Å². The first kappa shape index (κ1) is 18.1. The fourth-order valence-corrected chi connectivity index (χ4v) is 7.95. The normalized spacial score (nSPS) is 49.9.